The van der Waals surface area contributed by atoms with Crippen molar-refractivity contribution in [2.75, 3.05) is 20.0 Å². The summed E-state index contributed by atoms with van der Waals surface area (Å²) in [4.78, 5) is 11.3. The molecule has 64 valence electrons. The highest BCUT2D eigenvalue weighted by atomic mass is 16.5. The van der Waals surface area contributed by atoms with Crippen LogP contribution in [0.2, 0.25) is 0 Å². The number of hydrogen-bond acceptors (Lipinski definition) is 5. The average molecular weight is 162 g/mol. The SMILES string of the molecule is NN1CN(O)CN(C(=O)O)C1. The van der Waals surface area contributed by atoms with E-state index >= 15 is 0 Å². The van der Waals surface area contributed by atoms with Crippen LogP contribution in [0.5, 0.6) is 0 Å². The van der Waals surface area contributed by atoms with Gasteiger partial charge in [-0.15, -0.1) is 0 Å². The van der Waals surface area contributed by atoms with Gasteiger partial charge in [0.2, 0.25) is 0 Å². The van der Waals surface area contributed by atoms with Crippen LogP contribution in [0.3, 0.4) is 0 Å². The van der Waals surface area contributed by atoms with E-state index in [1.807, 2.05) is 0 Å². The van der Waals surface area contributed by atoms with Gasteiger partial charge in [0.05, 0.1) is 13.3 Å². The molecule has 0 bridgehead atoms. The first-order valence-electron chi connectivity index (χ1n) is 3.01. The van der Waals surface area contributed by atoms with Crippen LogP contribution in [0.25, 0.3) is 0 Å². The van der Waals surface area contributed by atoms with Crippen molar-refractivity contribution in [1.29, 1.82) is 0 Å². The Labute approximate surface area is 63.1 Å². The van der Waals surface area contributed by atoms with Crippen molar-refractivity contribution in [2.24, 2.45) is 5.84 Å². The van der Waals surface area contributed by atoms with Gasteiger partial charge in [-0.05, 0) is 0 Å². The van der Waals surface area contributed by atoms with Gasteiger partial charge in [0.15, 0.2) is 0 Å². The molecule has 0 atom stereocenters. The summed E-state index contributed by atoms with van der Waals surface area (Å²) in [5.74, 6) is 5.28. The maximum absolute atomic E-state index is 10.4. The van der Waals surface area contributed by atoms with E-state index in [1.54, 1.807) is 0 Å². The Morgan fingerprint density at radius 1 is 1.36 bits per heavy atom. The quantitative estimate of drug-likeness (QED) is 0.384. The minimum Gasteiger partial charge on any atom is -0.465 e. The molecular weight excluding hydrogens is 152 g/mol. The normalized spacial score (nSPS) is 22.2. The zero-order valence-corrected chi connectivity index (χ0v) is 5.84. The summed E-state index contributed by atoms with van der Waals surface area (Å²) in [6.07, 6.45) is -1.10. The summed E-state index contributed by atoms with van der Waals surface area (Å²) < 4.78 is 0. The van der Waals surface area contributed by atoms with Crippen molar-refractivity contribution in [3.8, 4) is 0 Å². The largest absolute Gasteiger partial charge is 0.465 e. The third-order valence-electron chi connectivity index (χ3n) is 1.30. The molecule has 1 saturated heterocycles. The van der Waals surface area contributed by atoms with E-state index in [0.29, 0.717) is 0 Å². The van der Waals surface area contributed by atoms with Gasteiger partial charge in [0.1, 0.15) is 6.67 Å². The van der Waals surface area contributed by atoms with Crippen molar-refractivity contribution >= 4 is 6.09 Å². The summed E-state index contributed by atoms with van der Waals surface area (Å²) in [5.41, 5.74) is 0. The molecule has 0 saturated carbocycles. The molecule has 0 aromatic rings. The van der Waals surface area contributed by atoms with Crippen molar-refractivity contribution in [3.05, 3.63) is 0 Å². The summed E-state index contributed by atoms with van der Waals surface area (Å²) in [7, 11) is 0. The first-order valence-corrected chi connectivity index (χ1v) is 3.01. The molecule has 1 rings (SSSR count). The molecule has 1 amide bonds. The fraction of sp³-hybridized carbons (Fsp3) is 0.750. The second-order valence-corrected chi connectivity index (χ2v) is 2.34. The lowest BCUT2D eigenvalue weighted by Gasteiger charge is -2.35. The van der Waals surface area contributed by atoms with E-state index in [9.17, 15) is 4.79 Å². The molecule has 1 aliphatic rings. The lowest BCUT2D eigenvalue weighted by Crippen LogP contribution is -2.57. The van der Waals surface area contributed by atoms with Crippen LogP contribution < -0.4 is 5.84 Å². The highest BCUT2D eigenvalue weighted by Crippen LogP contribution is 2.00. The number of nitrogens with two attached hydrogens (primary N) is 1. The highest BCUT2D eigenvalue weighted by molar-refractivity contribution is 5.64. The third kappa shape index (κ3) is 2.02. The fourth-order valence-electron chi connectivity index (χ4n) is 0.881. The smallest absolute Gasteiger partial charge is 0.409 e. The van der Waals surface area contributed by atoms with Crippen LogP contribution in [-0.2, 0) is 0 Å². The Hall–Kier alpha value is -0.890. The Kier molecular flexibility index (Phi) is 2.25. The van der Waals surface area contributed by atoms with Crippen LogP contribution >= 0.6 is 0 Å². The predicted octanol–water partition coefficient (Wildman–Crippen LogP) is -1.28. The summed E-state index contributed by atoms with van der Waals surface area (Å²) in [6.45, 7) is 0.249. The number of rotatable bonds is 0. The molecular formula is C4H10N4O3. The molecule has 1 heterocycles. The number of hydrazine groups is 1. The van der Waals surface area contributed by atoms with Gasteiger partial charge in [-0.1, -0.05) is 0 Å². The summed E-state index contributed by atoms with van der Waals surface area (Å²) in [5, 5.41) is 19.4. The minimum atomic E-state index is -1.10. The van der Waals surface area contributed by atoms with Crippen LogP contribution in [0.4, 0.5) is 4.79 Å². The Morgan fingerprint density at radius 2 is 2.00 bits per heavy atom. The van der Waals surface area contributed by atoms with E-state index in [4.69, 9.17) is 16.2 Å². The third-order valence-corrected chi connectivity index (χ3v) is 1.30. The standard InChI is InChI=1S/C4H10N4O3/c5-7-1-6(4(9)10)2-8(11)3-7/h11H,1-3,5H2,(H,9,10). The second kappa shape index (κ2) is 3.01. The van der Waals surface area contributed by atoms with Crippen LogP contribution in [-0.4, -0.2) is 51.4 Å². The van der Waals surface area contributed by atoms with Gasteiger partial charge >= 0.3 is 6.09 Å². The van der Waals surface area contributed by atoms with Crippen LogP contribution in [0.1, 0.15) is 0 Å². The molecule has 4 N–H and O–H groups in total. The summed E-state index contributed by atoms with van der Waals surface area (Å²) in [6, 6.07) is 0. The van der Waals surface area contributed by atoms with E-state index in [0.717, 1.165) is 9.96 Å². The second-order valence-electron chi connectivity index (χ2n) is 2.34. The molecule has 0 radical (unpaired) electrons. The van der Waals surface area contributed by atoms with Crippen LogP contribution in [0, 0.1) is 0 Å². The Balaban J connectivity index is 2.49. The monoisotopic (exact) mass is 162 g/mol. The average Bonchev–Trinajstić information content (AvgIpc) is 1.85. The first kappa shape index (κ1) is 8.21. The van der Waals surface area contributed by atoms with Gasteiger partial charge in [0, 0.05) is 0 Å². The Bertz CT molecular complexity index is 153. The Morgan fingerprint density at radius 3 is 2.45 bits per heavy atom. The lowest BCUT2D eigenvalue weighted by atomic mass is 10.6. The molecule has 1 aliphatic heterocycles. The molecule has 1 fully saturated rings. The van der Waals surface area contributed by atoms with E-state index in [2.05, 4.69) is 0 Å². The van der Waals surface area contributed by atoms with Gasteiger partial charge < -0.3 is 10.3 Å². The zero-order chi connectivity index (χ0) is 8.43. The topological polar surface area (TPSA) is 93.3 Å². The molecule has 0 aromatic carbocycles. The molecule has 7 heteroatoms. The number of hydroxylamine groups is 2. The van der Waals surface area contributed by atoms with Gasteiger partial charge in [-0.2, -0.15) is 5.06 Å². The van der Waals surface area contributed by atoms with Crippen molar-refractivity contribution in [2.45, 2.75) is 0 Å². The first-order chi connectivity index (χ1) is 5.09. The number of hydrogen-bond donors (Lipinski definition) is 3. The van der Waals surface area contributed by atoms with Gasteiger partial charge in [-0.25, -0.2) is 9.80 Å². The van der Waals surface area contributed by atoms with Crippen molar-refractivity contribution in [1.82, 2.24) is 15.0 Å². The van der Waals surface area contributed by atoms with E-state index in [1.165, 1.54) is 5.01 Å². The van der Waals surface area contributed by atoms with E-state index < -0.39 is 6.09 Å². The predicted molar refractivity (Wildman–Crippen MR) is 34.1 cm³/mol. The highest BCUT2D eigenvalue weighted by Gasteiger charge is 2.23. The molecule has 7 nitrogen and oxygen atoms in total. The van der Waals surface area contributed by atoms with Crippen LogP contribution in [0.15, 0.2) is 0 Å². The number of carbonyl (C=O) groups is 1. The summed E-state index contributed by atoms with van der Waals surface area (Å²) >= 11 is 0. The maximum Gasteiger partial charge on any atom is 0.409 e. The molecule has 0 aromatic heterocycles. The van der Waals surface area contributed by atoms with Crippen molar-refractivity contribution in [3.63, 3.8) is 0 Å². The van der Waals surface area contributed by atoms with Gasteiger partial charge in [-0.3, -0.25) is 10.7 Å². The van der Waals surface area contributed by atoms with Gasteiger partial charge in [0.25, 0.3) is 0 Å². The minimum absolute atomic E-state index is 0.0248. The molecule has 0 aliphatic carbocycles. The number of nitrogens with zero attached hydrogens (tertiary/aromatic N) is 3. The number of carboxylic acid groups (broad SMARTS) is 1. The number of amides is 1. The molecule has 11 heavy (non-hydrogen) atoms. The fourth-order valence-corrected chi connectivity index (χ4v) is 0.881. The zero-order valence-electron chi connectivity index (χ0n) is 5.84. The van der Waals surface area contributed by atoms with Crippen molar-refractivity contribution < 1.29 is 15.1 Å². The molecule has 0 spiro atoms. The lowest BCUT2D eigenvalue weighted by molar-refractivity contribution is -0.186. The van der Waals surface area contributed by atoms with E-state index in [-0.39, 0.29) is 20.0 Å². The molecule has 0 unspecified atom stereocenters. The maximum atomic E-state index is 10.4.